The Kier molecular flexibility index (Phi) is 3.57. The molecule has 0 aliphatic heterocycles. The second kappa shape index (κ2) is 5.51. The highest BCUT2D eigenvalue weighted by atomic mass is 32.1. The SMILES string of the molecule is CCOc1ccc2nc(NC(=O)c3cnns3)sc2c1. The predicted molar refractivity (Wildman–Crippen MR) is 78.7 cm³/mol. The normalized spacial score (nSPS) is 10.7. The number of amides is 1. The fourth-order valence-electron chi connectivity index (χ4n) is 1.64. The summed E-state index contributed by atoms with van der Waals surface area (Å²) in [5.74, 6) is 0.553. The third kappa shape index (κ3) is 2.61. The maximum absolute atomic E-state index is 11.9. The predicted octanol–water partition coefficient (Wildman–Crippen LogP) is 2.80. The highest BCUT2D eigenvalue weighted by molar-refractivity contribution is 7.22. The Morgan fingerprint density at radius 1 is 1.45 bits per heavy atom. The molecule has 2 heterocycles. The number of thiazole rings is 1. The van der Waals surface area contributed by atoms with E-state index in [9.17, 15) is 4.79 Å². The van der Waals surface area contributed by atoms with Gasteiger partial charge >= 0.3 is 0 Å². The van der Waals surface area contributed by atoms with E-state index < -0.39 is 0 Å². The van der Waals surface area contributed by atoms with Crippen LogP contribution in [-0.2, 0) is 0 Å². The van der Waals surface area contributed by atoms with Crippen molar-refractivity contribution < 1.29 is 9.53 Å². The monoisotopic (exact) mass is 306 g/mol. The molecule has 0 radical (unpaired) electrons. The van der Waals surface area contributed by atoms with Crippen molar-refractivity contribution in [2.45, 2.75) is 6.92 Å². The van der Waals surface area contributed by atoms with Gasteiger partial charge in [-0.2, -0.15) is 0 Å². The average Bonchev–Trinajstić information content (AvgIpc) is 3.06. The van der Waals surface area contributed by atoms with Crippen LogP contribution >= 0.6 is 22.9 Å². The molecule has 0 saturated heterocycles. The van der Waals surface area contributed by atoms with Gasteiger partial charge in [0, 0.05) is 0 Å². The maximum atomic E-state index is 11.9. The van der Waals surface area contributed by atoms with E-state index in [1.165, 1.54) is 17.5 Å². The van der Waals surface area contributed by atoms with E-state index in [1.54, 1.807) is 0 Å². The van der Waals surface area contributed by atoms with E-state index in [-0.39, 0.29) is 5.91 Å². The molecule has 0 fully saturated rings. The third-order valence-electron chi connectivity index (χ3n) is 2.48. The minimum atomic E-state index is -0.246. The molecule has 8 heteroatoms. The second-order valence-electron chi connectivity index (χ2n) is 3.82. The number of aromatic nitrogens is 3. The number of hydrogen-bond donors (Lipinski definition) is 1. The Balaban J connectivity index is 1.84. The Labute approximate surface area is 122 Å². The van der Waals surface area contributed by atoms with Crippen molar-refractivity contribution in [3.05, 3.63) is 29.3 Å². The van der Waals surface area contributed by atoms with E-state index in [1.807, 2.05) is 25.1 Å². The van der Waals surface area contributed by atoms with Gasteiger partial charge in [-0.15, -0.1) is 5.10 Å². The quantitative estimate of drug-likeness (QED) is 0.802. The molecule has 0 spiro atoms. The summed E-state index contributed by atoms with van der Waals surface area (Å²) in [5, 5.41) is 6.93. The first-order valence-corrected chi connectivity index (χ1v) is 7.47. The van der Waals surface area contributed by atoms with E-state index >= 15 is 0 Å². The van der Waals surface area contributed by atoms with Gasteiger partial charge in [-0.05, 0) is 36.7 Å². The van der Waals surface area contributed by atoms with Crippen LogP contribution in [0.25, 0.3) is 10.2 Å². The molecule has 102 valence electrons. The second-order valence-corrected chi connectivity index (χ2v) is 5.63. The van der Waals surface area contributed by atoms with Gasteiger partial charge < -0.3 is 4.74 Å². The third-order valence-corrected chi connectivity index (χ3v) is 4.07. The van der Waals surface area contributed by atoms with Crippen LogP contribution in [0, 0.1) is 0 Å². The molecule has 0 unspecified atom stereocenters. The zero-order valence-corrected chi connectivity index (χ0v) is 12.1. The van der Waals surface area contributed by atoms with Crippen molar-refractivity contribution in [1.82, 2.24) is 14.6 Å². The van der Waals surface area contributed by atoms with E-state index in [0.29, 0.717) is 16.6 Å². The van der Waals surface area contributed by atoms with Crippen LogP contribution < -0.4 is 10.1 Å². The molecule has 6 nitrogen and oxygen atoms in total. The number of benzene rings is 1. The molecule has 0 bridgehead atoms. The molecular weight excluding hydrogens is 296 g/mol. The van der Waals surface area contributed by atoms with Crippen molar-refractivity contribution in [3.63, 3.8) is 0 Å². The molecule has 0 saturated carbocycles. The van der Waals surface area contributed by atoms with Crippen LogP contribution in [-0.4, -0.2) is 27.1 Å². The van der Waals surface area contributed by atoms with Crippen LogP contribution in [0.5, 0.6) is 5.75 Å². The van der Waals surface area contributed by atoms with Gasteiger partial charge in [-0.25, -0.2) is 4.98 Å². The smallest absolute Gasteiger partial charge is 0.270 e. The fourth-order valence-corrected chi connectivity index (χ4v) is 2.94. The van der Waals surface area contributed by atoms with Gasteiger partial charge in [0.25, 0.3) is 5.91 Å². The lowest BCUT2D eigenvalue weighted by Gasteiger charge is -2.00. The molecular formula is C12H10N4O2S2. The number of nitrogens with zero attached hydrogens (tertiary/aromatic N) is 3. The lowest BCUT2D eigenvalue weighted by Crippen LogP contribution is -2.09. The fraction of sp³-hybridized carbons (Fsp3) is 0.167. The number of rotatable bonds is 4. The summed E-state index contributed by atoms with van der Waals surface area (Å²) in [5.41, 5.74) is 0.830. The van der Waals surface area contributed by atoms with Crippen molar-refractivity contribution in [2.75, 3.05) is 11.9 Å². The molecule has 2 aromatic heterocycles. The molecule has 3 aromatic rings. The van der Waals surface area contributed by atoms with Gasteiger partial charge in [0.2, 0.25) is 0 Å². The van der Waals surface area contributed by atoms with Gasteiger partial charge in [0.1, 0.15) is 10.6 Å². The highest BCUT2D eigenvalue weighted by Crippen LogP contribution is 2.29. The van der Waals surface area contributed by atoms with Crippen LogP contribution in [0.3, 0.4) is 0 Å². The molecule has 1 aromatic carbocycles. The summed E-state index contributed by atoms with van der Waals surface area (Å²) in [6.07, 6.45) is 1.43. The van der Waals surface area contributed by atoms with Crippen LogP contribution in [0.1, 0.15) is 16.6 Å². The largest absolute Gasteiger partial charge is 0.494 e. The molecule has 3 rings (SSSR count). The first kappa shape index (κ1) is 12.9. The van der Waals surface area contributed by atoms with Gasteiger partial charge in [-0.3, -0.25) is 10.1 Å². The first-order chi connectivity index (χ1) is 9.76. The highest BCUT2D eigenvalue weighted by Gasteiger charge is 2.12. The Bertz CT molecular complexity index is 739. The Morgan fingerprint density at radius 3 is 3.10 bits per heavy atom. The number of hydrogen-bond acceptors (Lipinski definition) is 7. The minimum Gasteiger partial charge on any atom is -0.494 e. The summed E-state index contributed by atoms with van der Waals surface area (Å²) < 4.78 is 10.1. The Hall–Kier alpha value is -2.06. The number of fused-ring (bicyclic) bond motifs is 1. The number of ether oxygens (including phenoxy) is 1. The standard InChI is InChI=1S/C12H10N4O2S2/c1-2-18-7-3-4-8-9(5-7)19-12(14-8)15-11(17)10-6-13-16-20-10/h3-6H,2H2,1H3,(H,14,15,17). The molecule has 20 heavy (non-hydrogen) atoms. The number of carbonyl (C=O) groups excluding carboxylic acids is 1. The maximum Gasteiger partial charge on any atom is 0.270 e. The molecule has 0 aliphatic carbocycles. The van der Waals surface area contributed by atoms with Gasteiger partial charge in [-0.1, -0.05) is 15.8 Å². The van der Waals surface area contributed by atoms with E-state index in [4.69, 9.17) is 4.74 Å². The summed E-state index contributed by atoms with van der Waals surface area (Å²) in [4.78, 5) is 16.7. The van der Waals surface area contributed by atoms with Crippen LogP contribution in [0.4, 0.5) is 5.13 Å². The van der Waals surface area contributed by atoms with E-state index in [0.717, 1.165) is 27.5 Å². The minimum absolute atomic E-state index is 0.246. The lowest BCUT2D eigenvalue weighted by atomic mass is 10.3. The van der Waals surface area contributed by atoms with Crippen molar-refractivity contribution >= 4 is 44.1 Å². The zero-order chi connectivity index (χ0) is 13.9. The summed E-state index contributed by atoms with van der Waals surface area (Å²) >= 11 is 2.45. The topological polar surface area (TPSA) is 77.0 Å². The van der Waals surface area contributed by atoms with Crippen molar-refractivity contribution in [1.29, 1.82) is 0 Å². The summed E-state index contributed by atoms with van der Waals surface area (Å²) in [7, 11) is 0. The van der Waals surface area contributed by atoms with Gasteiger partial charge in [0.05, 0.1) is 23.0 Å². The van der Waals surface area contributed by atoms with Crippen molar-refractivity contribution in [3.8, 4) is 5.75 Å². The first-order valence-electron chi connectivity index (χ1n) is 5.88. The van der Waals surface area contributed by atoms with Crippen LogP contribution in [0.2, 0.25) is 0 Å². The lowest BCUT2D eigenvalue weighted by molar-refractivity contribution is 0.103. The summed E-state index contributed by atoms with van der Waals surface area (Å²) in [6, 6.07) is 5.66. The van der Waals surface area contributed by atoms with Crippen LogP contribution in [0.15, 0.2) is 24.4 Å². The number of nitrogens with one attached hydrogen (secondary N) is 1. The summed E-state index contributed by atoms with van der Waals surface area (Å²) in [6.45, 7) is 2.55. The van der Waals surface area contributed by atoms with E-state index in [2.05, 4.69) is 19.9 Å². The molecule has 0 atom stereocenters. The molecule has 0 aliphatic rings. The number of anilines is 1. The number of carbonyl (C=O) groups is 1. The van der Waals surface area contributed by atoms with Gasteiger partial charge in [0.15, 0.2) is 5.13 Å². The zero-order valence-electron chi connectivity index (χ0n) is 10.5. The Morgan fingerprint density at radius 2 is 2.35 bits per heavy atom. The average molecular weight is 306 g/mol. The van der Waals surface area contributed by atoms with Crippen molar-refractivity contribution in [2.24, 2.45) is 0 Å². The molecule has 1 amide bonds. The molecule has 1 N–H and O–H groups in total.